The molecule has 0 atom stereocenters. The molecule has 0 aliphatic heterocycles. The van der Waals surface area contributed by atoms with Crippen molar-refractivity contribution in [3.63, 3.8) is 0 Å². The number of fused-ring (bicyclic) bond motifs is 1. The maximum Gasteiger partial charge on any atom is 0.417 e. The summed E-state index contributed by atoms with van der Waals surface area (Å²) in [5, 5.41) is 0.435. The van der Waals surface area contributed by atoms with E-state index in [1.165, 1.54) is 6.07 Å². The zero-order chi connectivity index (χ0) is 26.0. The fourth-order valence-corrected chi connectivity index (χ4v) is 4.00. The second-order valence-electron chi connectivity index (χ2n) is 8.28. The third kappa shape index (κ3) is 4.82. The van der Waals surface area contributed by atoms with Gasteiger partial charge in [-0.3, -0.25) is 9.78 Å². The minimum Gasteiger partial charge on any atom is -0.491 e. The molecule has 0 bridgehead atoms. The van der Waals surface area contributed by atoms with Gasteiger partial charge in [0.2, 0.25) is 0 Å². The number of nitrogens with one attached hydrogen (secondary N) is 1. The highest BCUT2D eigenvalue weighted by molar-refractivity contribution is 6.15. The monoisotopic (exact) mass is 496 g/mol. The van der Waals surface area contributed by atoms with Crippen LogP contribution in [0.2, 0.25) is 0 Å². The predicted molar refractivity (Wildman–Crippen MR) is 129 cm³/mol. The Morgan fingerprint density at radius 2 is 1.81 bits per heavy atom. The number of aromatic nitrogens is 2. The number of esters is 1. The van der Waals surface area contributed by atoms with Gasteiger partial charge in [0, 0.05) is 28.2 Å². The van der Waals surface area contributed by atoms with Gasteiger partial charge < -0.3 is 14.5 Å². The number of benzene rings is 2. The van der Waals surface area contributed by atoms with E-state index in [1.807, 2.05) is 13.8 Å². The van der Waals surface area contributed by atoms with E-state index in [2.05, 4.69) is 9.97 Å². The first-order chi connectivity index (χ1) is 17.1. The first-order valence-corrected chi connectivity index (χ1v) is 11.3. The lowest BCUT2D eigenvalue weighted by atomic mass is 9.91. The van der Waals surface area contributed by atoms with E-state index in [-0.39, 0.29) is 29.7 Å². The van der Waals surface area contributed by atoms with E-state index in [4.69, 9.17) is 9.47 Å². The lowest BCUT2D eigenvalue weighted by molar-refractivity contribution is -0.137. The first-order valence-electron chi connectivity index (χ1n) is 11.3. The van der Waals surface area contributed by atoms with Crippen LogP contribution < -0.4 is 4.74 Å². The first kappa shape index (κ1) is 25.0. The molecule has 6 nitrogen and oxygen atoms in total. The van der Waals surface area contributed by atoms with Gasteiger partial charge in [0.05, 0.1) is 29.5 Å². The topological polar surface area (TPSA) is 81.3 Å². The van der Waals surface area contributed by atoms with Gasteiger partial charge in [-0.1, -0.05) is 18.2 Å². The van der Waals surface area contributed by atoms with E-state index in [0.29, 0.717) is 39.6 Å². The molecule has 0 fully saturated rings. The summed E-state index contributed by atoms with van der Waals surface area (Å²) in [6, 6.07) is 12.7. The van der Waals surface area contributed by atoms with Crippen LogP contribution in [-0.2, 0) is 10.9 Å². The van der Waals surface area contributed by atoms with Crippen molar-refractivity contribution in [2.75, 3.05) is 6.61 Å². The van der Waals surface area contributed by atoms with Gasteiger partial charge in [0.1, 0.15) is 11.4 Å². The Bertz CT molecular complexity index is 1410. The largest absolute Gasteiger partial charge is 0.491 e. The quantitative estimate of drug-likeness (QED) is 0.228. The number of aldehydes is 1. The van der Waals surface area contributed by atoms with Crippen molar-refractivity contribution in [1.82, 2.24) is 9.97 Å². The average molecular weight is 496 g/mol. The van der Waals surface area contributed by atoms with Crippen LogP contribution in [0.15, 0.2) is 54.7 Å². The Labute approximate surface area is 205 Å². The molecule has 2 aromatic heterocycles. The molecule has 0 aliphatic rings. The van der Waals surface area contributed by atoms with Crippen molar-refractivity contribution in [3.8, 4) is 28.1 Å². The van der Waals surface area contributed by atoms with Gasteiger partial charge in [0.15, 0.2) is 6.29 Å². The van der Waals surface area contributed by atoms with E-state index in [9.17, 15) is 22.8 Å². The zero-order valence-corrected chi connectivity index (χ0v) is 19.8. The summed E-state index contributed by atoms with van der Waals surface area (Å²) < 4.78 is 50.1. The molecule has 0 radical (unpaired) electrons. The minimum atomic E-state index is -4.52. The fraction of sp³-hybridized carbons (Fsp3) is 0.222. The van der Waals surface area contributed by atoms with Crippen molar-refractivity contribution in [3.05, 3.63) is 71.5 Å². The van der Waals surface area contributed by atoms with Gasteiger partial charge in [-0.25, -0.2) is 4.79 Å². The minimum absolute atomic E-state index is 0.000361. The number of halogens is 3. The molecule has 2 aromatic carbocycles. The van der Waals surface area contributed by atoms with Gasteiger partial charge in [-0.05, 0) is 56.7 Å². The van der Waals surface area contributed by atoms with Crippen LogP contribution in [0.1, 0.15) is 47.2 Å². The zero-order valence-electron chi connectivity index (χ0n) is 19.8. The van der Waals surface area contributed by atoms with Crippen molar-refractivity contribution >= 4 is 23.2 Å². The second-order valence-corrected chi connectivity index (χ2v) is 8.28. The average Bonchev–Trinajstić information content (AvgIpc) is 3.22. The smallest absolute Gasteiger partial charge is 0.417 e. The molecule has 0 saturated carbocycles. The van der Waals surface area contributed by atoms with Crippen LogP contribution in [0.5, 0.6) is 5.75 Å². The van der Waals surface area contributed by atoms with E-state index < -0.39 is 17.7 Å². The molecule has 4 rings (SSSR count). The summed E-state index contributed by atoms with van der Waals surface area (Å²) in [5.41, 5.74) is 1.67. The molecule has 9 heteroatoms. The number of ether oxygens (including phenoxy) is 2. The Morgan fingerprint density at radius 1 is 1.08 bits per heavy atom. The van der Waals surface area contributed by atoms with Crippen LogP contribution in [0.25, 0.3) is 33.3 Å². The number of nitrogens with zero attached hydrogens (tertiary/aromatic N) is 1. The summed E-state index contributed by atoms with van der Waals surface area (Å²) in [4.78, 5) is 31.7. The summed E-state index contributed by atoms with van der Waals surface area (Å²) in [5.74, 6) is -0.0522. The molecule has 186 valence electrons. The highest BCUT2D eigenvalue weighted by atomic mass is 19.4. The molecule has 0 saturated heterocycles. The van der Waals surface area contributed by atoms with Crippen molar-refractivity contribution in [2.24, 2.45) is 0 Å². The fourth-order valence-electron chi connectivity index (χ4n) is 4.00. The SMILES string of the molecule is CCOC(=O)c1[nH]c2ccc(-c3ccc(C(F)(F)F)cn3)c(-c3ccc(OC(C)C)cc3)c2c1C=O. The van der Waals surface area contributed by atoms with E-state index in [0.717, 1.165) is 12.3 Å². The summed E-state index contributed by atoms with van der Waals surface area (Å²) in [6.07, 6.45) is -3.23. The molecular formula is C27H23F3N2O4. The number of hydrogen-bond donors (Lipinski definition) is 1. The van der Waals surface area contributed by atoms with Gasteiger partial charge >= 0.3 is 12.1 Å². The Hall–Kier alpha value is -4.14. The van der Waals surface area contributed by atoms with Crippen LogP contribution in [0.4, 0.5) is 13.2 Å². The van der Waals surface area contributed by atoms with Gasteiger partial charge in [0.25, 0.3) is 0 Å². The Morgan fingerprint density at radius 3 is 2.36 bits per heavy atom. The number of alkyl halides is 3. The molecule has 0 spiro atoms. The van der Waals surface area contributed by atoms with E-state index >= 15 is 0 Å². The molecule has 36 heavy (non-hydrogen) atoms. The standard InChI is InChI=1S/C27H23F3N2O4/c1-4-35-26(34)25-20(14-33)24-22(32-25)12-10-19(21-11-7-17(13-31-21)27(28,29)30)23(24)16-5-8-18(9-6-16)36-15(2)3/h5-15,32H,4H2,1-3H3. The predicted octanol–water partition coefficient (Wildman–Crippen LogP) is 6.69. The Balaban J connectivity index is 1.98. The van der Waals surface area contributed by atoms with Crippen LogP contribution in [0, 0.1) is 0 Å². The lowest BCUT2D eigenvalue weighted by Crippen LogP contribution is -2.07. The van der Waals surface area contributed by atoms with Crippen molar-refractivity contribution in [2.45, 2.75) is 33.1 Å². The molecule has 0 aliphatic carbocycles. The number of carbonyl (C=O) groups excluding carboxylic acids is 2. The maximum atomic E-state index is 13.1. The van der Waals surface area contributed by atoms with E-state index in [1.54, 1.807) is 43.3 Å². The van der Waals surface area contributed by atoms with Crippen LogP contribution >= 0.6 is 0 Å². The van der Waals surface area contributed by atoms with Gasteiger partial charge in [-0.15, -0.1) is 0 Å². The van der Waals surface area contributed by atoms with Crippen LogP contribution in [-0.4, -0.2) is 34.9 Å². The third-order valence-corrected chi connectivity index (χ3v) is 5.48. The molecular weight excluding hydrogens is 473 g/mol. The summed E-state index contributed by atoms with van der Waals surface area (Å²) in [7, 11) is 0. The highest BCUT2D eigenvalue weighted by Gasteiger charge is 2.31. The van der Waals surface area contributed by atoms with Gasteiger partial charge in [-0.2, -0.15) is 13.2 Å². The van der Waals surface area contributed by atoms with Crippen LogP contribution in [0.3, 0.4) is 0 Å². The number of carbonyl (C=O) groups is 2. The summed E-state index contributed by atoms with van der Waals surface area (Å²) in [6.45, 7) is 5.57. The molecule has 2 heterocycles. The number of rotatable bonds is 7. The number of aromatic amines is 1. The molecule has 0 unspecified atom stereocenters. The maximum absolute atomic E-state index is 13.1. The van der Waals surface area contributed by atoms with Crippen molar-refractivity contribution in [1.29, 1.82) is 0 Å². The second kappa shape index (κ2) is 9.85. The molecule has 1 N–H and O–H groups in total. The number of H-pyrrole nitrogens is 1. The Kier molecular flexibility index (Phi) is 6.83. The third-order valence-electron chi connectivity index (χ3n) is 5.48. The highest BCUT2D eigenvalue weighted by Crippen LogP contribution is 2.41. The molecule has 4 aromatic rings. The number of pyridine rings is 1. The number of hydrogen-bond acceptors (Lipinski definition) is 5. The summed E-state index contributed by atoms with van der Waals surface area (Å²) >= 11 is 0. The lowest BCUT2D eigenvalue weighted by Gasteiger charge is -2.15. The van der Waals surface area contributed by atoms with Crippen molar-refractivity contribution < 1.29 is 32.2 Å². The normalized spacial score (nSPS) is 11.6. The molecule has 0 amide bonds.